The Morgan fingerprint density at radius 2 is 1.85 bits per heavy atom. The van der Waals surface area contributed by atoms with E-state index in [1.807, 2.05) is 22.9 Å². The zero-order valence-corrected chi connectivity index (χ0v) is 21.3. The molecule has 3 aromatic heterocycles. The molecule has 1 aliphatic heterocycles. The number of imidazole rings is 1. The van der Waals surface area contributed by atoms with Crippen LogP contribution in [0.1, 0.15) is 38.4 Å². The highest BCUT2D eigenvalue weighted by atomic mass is 28.4. The fraction of sp³-hybridized carbons (Fsp3) is 0.417. The van der Waals surface area contributed by atoms with Crippen LogP contribution in [-0.4, -0.2) is 50.9 Å². The van der Waals surface area contributed by atoms with E-state index in [1.165, 1.54) is 10.9 Å². The van der Waals surface area contributed by atoms with Crippen molar-refractivity contribution < 1.29 is 19.1 Å². The quantitative estimate of drug-likeness (QED) is 0.290. The Balaban J connectivity index is 1.67. The average molecular weight is 482 g/mol. The van der Waals surface area contributed by atoms with Gasteiger partial charge in [-0.05, 0) is 36.7 Å². The average Bonchev–Trinajstić information content (AvgIpc) is 3.45. The number of rotatable bonds is 8. The van der Waals surface area contributed by atoms with Crippen LogP contribution in [0.3, 0.4) is 0 Å². The minimum atomic E-state index is -1.83. The molecule has 1 aliphatic rings. The second-order valence-electron chi connectivity index (χ2n) is 10.0. The van der Waals surface area contributed by atoms with Crippen LogP contribution in [0.5, 0.6) is 0 Å². The van der Waals surface area contributed by atoms with Crippen LogP contribution < -0.4 is 5.32 Å². The number of amides is 2. The van der Waals surface area contributed by atoms with Crippen LogP contribution in [0.15, 0.2) is 37.1 Å². The number of carbonyl (C=O) groups is 2. The first-order valence-electron chi connectivity index (χ1n) is 11.3. The summed E-state index contributed by atoms with van der Waals surface area (Å²) in [5.74, 6) is -0.974. The van der Waals surface area contributed by atoms with E-state index >= 15 is 0 Å². The SMILES string of the molecule is CC(C)(C)[Si](C)(C)OCCCn1cc(C2=C(c3cn(CO)cn3)C(=O)NC2=O)c2cccnc21. The van der Waals surface area contributed by atoms with Crippen LogP contribution in [0.2, 0.25) is 18.1 Å². The maximum atomic E-state index is 12.8. The van der Waals surface area contributed by atoms with Gasteiger partial charge in [-0.25, -0.2) is 9.97 Å². The van der Waals surface area contributed by atoms with Crippen LogP contribution >= 0.6 is 0 Å². The van der Waals surface area contributed by atoms with Crippen molar-refractivity contribution in [2.45, 2.75) is 58.6 Å². The van der Waals surface area contributed by atoms with Gasteiger partial charge < -0.3 is 18.7 Å². The zero-order chi connectivity index (χ0) is 24.7. The highest BCUT2D eigenvalue weighted by molar-refractivity contribution is 6.74. The first-order chi connectivity index (χ1) is 16.0. The number of nitrogens with zero attached hydrogens (tertiary/aromatic N) is 4. The van der Waals surface area contributed by atoms with Gasteiger partial charge in [0.05, 0.1) is 23.2 Å². The topological polar surface area (TPSA) is 111 Å². The van der Waals surface area contributed by atoms with Crippen molar-refractivity contribution in [3.05, 3.63) is 48.3 Å². The molecule has 0 spiro atoms. The van der Waals surface area contributed by atoms with E-state index < -0.39 is 20.1 Å². The molecule has 9 nitrogen and oxygen atoms in total. The fourth-order valence-electron chi connectivity index (χ4n) is 3.79. The maximum absolute atomic E-state index is 12.8. The fourth-order valence-corrected chi connectivity index (χ4v) is 4.88. The van der Waals surface area contributed by atoms with Crippen LogP contribution in [-0.2, 0) is 27.3 Å². The molecule has 10 heteroatoms. The number of aliphatic hydroxyl groups excluding tert-OH is 1. The third-order valence-electron chi connectivity index (χ3n) is 6.70. The van der Waals surface area contributed by atoms with Crippen molar-refractivity contribution in [1.82, 2.24) is 24.4 Å². The second kappa shape index (κ2) is 8.93. The van der Waals surface area contributed by atoms with Crippen molar-refractivity contribution >= 4 is 42.3 Å². The van der Waals surface area contributed by atoms with E-state index in [-0.39, 0.29) is 22.9 Å². The van der Waals surface area contributed by atoms with Gasteiger partial charge in [0.1, 0.15) is 12.4 Å². The molecule has 0 atom stereocenters. The van der Waals surface area contributed by atoms with Gasteiger partial charge in [-0.3, -0.25) is 14.9 Å². The molecule has 34 heavy (non-hydrogen) atoms. The molecule has 0 fully saturated rings. The van der Waals surface area contributed by atoms with Crippen LogP contribution in [0.25, 0.3) is 22.2 Å². The van der Waals surface area contributed by atoms with Crippen molar-refractivity contribution in [2.75, 3.05) is 6.61 Å². The van der Waals surface area contributed by atoms with Crippen molar-refractivity contribution in [3.8, 4) is 0 Å². The monoisotopic (exact) mass is 481 g/mol. The highest BCUT2D eigenvalue weighted by Crippen LogP contribution is 2.37. The molecule has 4 rings (SSSR count). The summed E-state index contributed by atoms with van der Waals surface area (Å²) in [6.45, 7) is 12.2. The third kappa shape index (κ3) is 4.36. The molecule has 2 amide bonds. The number of carbonyl (C=O) groups excluding carboxylic acids is 2. The Kier molecular flexibility index (Phi) is 6.32. The highest BCUT2D eigenvalue weighted by Gasteiger charge is 2.37. The summed E-state index contributed by atoms with van der Waals surface area (Å²) in [4.78, 5) is 34.3. The number of imide groups is 1. The molecule has 4 heterocycles. The number of fused-ring (bicyclic) bond motifs is 1. The molecule has 3 aromatic rings. The lowest BCUT2D eigenvalue weighted by atomic mass is 10.00. The first kappa shape index (κ1) is 24.1. The molecule has 0 radical (unpaired) electrons. The summed E-state index contributed by atoms with van der Waals surface area (Å²) in [5, 5.41) is 12.7. The van der Waals surface area contributed by atoms with E-state index in [0.29, 0.717) is 24.4 Å². The Labute approximate surface area is 199 Å². The summed E-state index contributed by atoms with van der Waals surface area (Å²) in [6, 6.07) is 3.71. The molecule has 0 bridgehead atoms. The van der Waals surface area contributed by atoms with E-state index in [0.717, 1.165) is 17.5 Å². The third-order valence-corrected chi connectivity index (χ3v) is 11.2. The molecule has 0 saturated heterocycles. The molecule has 0 aliphatic carbocycles. The maximum Gasteiger partial charge on any atom is 0.261 e. The van der Waals surface area contributed by atoms with Gasteiger partial charge in [0.15, 0.2) is 8.32 Å². The van der Waals surface area contributed by atoms with Gasteiger partial charge in [-0.2, -0.15) is 0 Å². The van der Waals surface area contributed by atoms with Gasteiger partial charge in [0, 0.05) is 42.7 Å². The number of aromatic nitrogens is 4. The molecule has 0 saturated carbocycles. The summed E-state index contributed by atoms with van der Waals surface area (Å²) in [5.41, 5.74) is 2.17. The number of aliphatic hydroxyl groups is 1. The first-order valence-corrected chi connectivity index (χ1v) is 14.3. The Morgan fingerprint density at radius 3 is 2.53 bits per heavy atom. The standard InChI is InChI=1S/C24H31N5O4Si/c1-24(2,3)34(4,5)33-11-7-10-29-12-17(16-8-6-9-25-21(16)29)19-20(23(32)27-22(19)31)18-13-28(15-30)14-26-18/h6,8-9,12-14,30H,7,10-11,15H2,1-5H3,(H,27,31,32). The van der Waals surface area contributed by atoms with E-state index in [2.05, 4.69) is 49.1 Å². The normalized spacial score (nSPS) is 15.0. The summed E-state index contributed by atoms with van der Waals surface area (Å²) in [6.07, 6.45) is 7.35. The Morgan fingerprint density at radius 1 is 1.12 bits per heavy atom. The van der Waals surface area contributed by atoms with Gasteiger partial charge in [0.25, 0.3) is 11.8 Å². The Hall–Kier alpha value is -3.08. The lowest BCUT2D eigenvalue weighted by Crippen LogP contribution is -2.41. The van der Waals surface area contributed by atoms with E-state index in [1.54, 1.807) is 12.4 Å². The number of pyridine rings is 1. The molecule has 180 valence electrons. The minimum absolute atomic E-state index is 0.149. The lowest BCUT2D eigenvalue weighted by molar-refractivity contribution is -0.122. The summed E-state index contributed by atoms with van der Waals surface area (Å²) >= 11 is 0. The van der Waals surface area contributed by atoms with E-state index in [4.69, 9.17) is 4.43 Å². The van der Waals surface area contributed by atoms with Gasteiger partial charge in [-0.15, -0.1) is 0 Å². The smallest absolute Gasteiger partial charge is 0.261 e. The number of nitrogens with one attached hydrogen (secondary N) is 1. The summed E-state index contributed by atoms with van der Waals surface area (Å²) < 4.78 is 9.75. The Bertz CT molecular complexity index is 1280. The van der Waals surface area contributed by atoms with Crippen molar-refractivity contribution in [2.24, 2.45) is 0 Å². The zero-order valence-electron chi connectivity index (χ0n) is 20.3. The largest absolute Gasteiger partial charge is 0.417 e. The number of hydrogen-bond acceptors (Lipinski definition) is 6. The van der Waals surface area contributed by atoms with Crippen LogP contribution in [0, 0.1) is 0 Å². The van der Waals surface area contributed by atoms with Crippen LogP contribution in [0.4, 0.5) is 0 Å². The molecule has 0 unspecified atom stereocenters. The summed E-state index contributed by atoms with van der Waals surface area (Å²) in [7, 11) is -1.83. The molecular weight excluding hydrogens is 450 g/mol. The number of hydrogen-bond donors (Lipinski definition) is 2. The van der Waals surface area contributed by atoms with Crippen molar-refractivity contribution in [3.63, 3.8) is 0 Å². The molecule has 0 aromatic carbocycles. The van der Waals surface area contributed by atoms with Crippen molar-refractivity contribution in [1.29, 1.82) is 0 Å². The predicted octanol–water partition coefficient (Wildman–Crippen LogP) is 3.16. The predicted molar refractivity (Wildman–Crippen MR) is 132 cm³/mol. The minimum Gasteiger partial charge on any atom is -0.417 e. The second-order valence-corrected chi connectivity index (χ2v) is 14.8. The van der Waals surface area contributed by atoms with Gasteiger partial charge >= 0.3 is 0 Å². The lowest BCUT2D eigenvalue weighted by Gasteiger charge is -2.36. The molecule has 2 N–H and O–H groups in total. The molecular formula is C24H31N5O4Si. The number of aryl methyl sites for hydroxylation is 1. The van der Waals surface area contributed by atoms with Gasteiger partial charge in [-0.1, -0.05) is 20.8 Å². The van der Waals surface area contributed by atoms with E-state index in [9.17, 15) is 14.7 Å². The van der Waals surface area contributed by atoms with Gasteiger partial charge in [0.2, 0.25) is 0 Å².